The number of morpholine rings is 1. The number of methoxy groups -OCH3 is 1. The summed E-state index contributed by atoms with van der Waals surface area (Å²) in [6.45, 7) is 0.202. The quantitative estimate of drug-likeness (QED) is 0.809. The Morgan fingerprint density at radius 3 is 3.11 bits per heavy atom. The minimum absolute atomic E-state index is 0.0435. The number of benzene rings is 1. The number of carboxylic acids is 1. The van der Waals surface area contributed by atoms with Crippen LogP contribution in [-0.2, 0) is 16.0 Å². The van der Waals surface area contributed by atoms with Crippen LogP contribution in [0.1, 0.15) is 17.2 Å². The summed E-state index contributed by atoms with van der Waals surface area (Å²) in [4.78, 5) is 11.0. The van der Waals surface area contributed by atoms with E-state index in [0.29, 0.717) is 0 Å². The number of aliphatic carboxylic acids is 1. The third-order valence-electron chi connectivity index (χ3n) is 3.62. The van der Waals surface area contributed by atoms with Crippen molar-refractivity contribution >= 4 is 5.97 Å². The van der Waals surface area contributed by atoms with Crippen molar-refractivity contribution in [2.45, 2.75) is 24.6 Å². The fourth-order valence-corrected chi connectivity index (χ4v) is 2.71. The van der Waals surface area contributed by atoms with Gasteiger partial charge in [0.1, 0.15) is 11.8 Å². The van der Waals surface area contributed by atoms with E-state index in [2.05, 4.69) is 5.32 Å². The maximum atomic E-state index is 11.0. The Kier molecular flexibility index (Phi) is 2.72. The Morgan fingerprint density at radius 1 is 1.56 bits per heavy atom. The number of hydrogen-bond donors (Lipinski definition) is 2. The molecule has 18 heavy (non-hydrogen) atoms. The van der Waals surface area contributed by atoms with Crippen LogP contribution in [-0.4, -0.2) is 36.9 Å². The van der Waals surface area contributed by atoms with E-state index < -0.39 is 12.0 Å². The zero-order chi connectivity index (χ0) is 12.7. The summed E-state index contributed by atoms with van der Waals surface area (Å²) >= 11 is 0. The minimum atomic E-state index is -0.859. The van der Waals surface area contributed by atoms with Crippen LogP contribution in [0.5, 0.6) is 5.75 Å². The number of rotatable bonds is 2. The molecule has 1 heterocycles. The fraction of sp³-hybridized carbons (Fsp3) is 0.462. The average Bonchev–Trinajstić information content (AvgIpc) is 2.75. The van der Waals surface area contributed by atoms with E-state index in [-0.39, 0.29) is 18.8 Å². The number of carbonyl (C=O) groups is 1. The molecule has 2 N–H and O–H groups in total. The average molecular weight is 249 g/mol. The van der Waals surface area contributed by atoms with Crippen LogP contribution in [0.3, 0.4) is 0 Å². The molecule has 1 saturated heterocycles. The molecule has 1 aliphatic carbocycles. The third-order valence-corrected chi connectivity index (χ3v) is 3.62. The smallest absolute Gasteiger partial charge is 0.323 e. The van der Waals surface area contributed by atoms with Crippen LogP contribution in [0.15, 0.2) is 18.2 Å². The summed E-state index contributed by atoms with van der Waals surface area (Å²) in [6.07, 6.45) is 0.735. The van der Waals surface area contributed by atoms with Crippen molar-refractivity contribution in [2.75, 3.05) is 13.7 Å². The van der Waals surface area contributed by atoms with Gasteiger partial charge >= 0.3 is 5.97 Å². The summed E-state index contributed by atoms with van der Waals surface area (Å²) in [6, 6.07) is 5.35. The first-order valence-electron chi connectivity index (χ1n) is 5.96. The lowest BCUT2D eigenvalue weighted by Gasteiger charge is -2.31. The van der Waals surface area contributed by atoms with Crippen LogP contribution >= 0.6 is 0 Å². The van der Waals surface area contributed by atoms with E-state index >= 15 is 0 Å². The normalized spacial score (nSPS) is 29.5. The van der Waals surface area contributed by atoms with Crippen LogP contribution in [0.25, 0.3) is 0 Å². The molecule has 5 heteroatoms. The summed E-state index contributed by atoms with van der Waals surface area (Å²) < 4.78 is 10.9. The van der Waals surface area contributed by atoms with Crippen LogP contribution in [0.2, 0.25) is 0 Å². The molecule has 96 valence electrons. The lowest BCUT2D eigenvalue weighted by molar-refractivity contribution is -0.145. The van der Waals surface area contributed by atoms with Crippen molar-refractivity contribution in [3.05, 3.63) is 29.3 Å². The summed E-state index contributed by atoms with van der Waals surface area (Å²) in [5, 5.41) is 12.1. The minimum Gasteiger partial charge on any atom is -0.497 e. The van der Waals surface area contributed by atoms with Crippen molar-refractivity contribution in [2.24, 2.45) is 0 Å². The zero-order valence-corrected chi connectivity index (χ0v) is 10.1. The molecule has 1 aromatic carbocycles. The number of ether oxygens (including phenoxy) is 2. The molecule has 2 aliphatic rings. The maximum absolute atomic E-state index is 11.0. The Balaban J connectivity index is 1.85. The van der Waals surface area contributed by atoms with Crippen molar-refractivity contribution in [3.8, 4) is 5.75 Å². The van der Waals surface area contributed by atoms with Crippen molar-refractivity contribution < 1.29 is 19.4 Å². The lowest BCUT2D eigenvalue weighted by atomic mass is 10.1. The zero-order valence-electron chi connectivity index (χ0n) is 10.1. The molecule has 1 fully saturated rings. The number of carboxylic acid groups (broad SMARTS) is 1. The van der Waals surface area contributed by atoms with Gasteiger partial charge in [-0.05, 0) is 29.7 Å². The van der Waals surface area contributed by atoms with Crippen LogP contribution < -0.4 is 10.1 Å². The van der Waals surface area contributed by atoms with Gasteiger partial charge < -0.3 is 14.6 Å². The number of nitrogens with one attached hydrogen (secondary N) is 1. The molecule has 5 nitrogen and oxygen atoms in total. The predicted molar refractivity (Wildman–Crippen MR) is 63.7 cm³/mol. The largest absolute Gasteiger partial charge is 0.497 e. The van der Waals surface area contributed by atoms with Gasteiger partial charge in [-0.3, -0.25) is 10.1 Å². The van der Waals surface area contributed by atoms with Crippen molar-refractivity contribution in [3.63, 3.8) is 0 Å². The molecule has 1 aliphatic heterocycles. The Morgan fingerprint density at radius 2 is 2.39 bits per heavy atom. The highest BCUT2D eigenvalue weighted by Crippen LogP contribution is 2.38. The van der Waals surface area contributed by atoms with Gasteiger partial charge in [0.15, 0.2) is 0 Å². The molecule has 3 rings (SSSR count). The van der Waals surface area contributed by atoms with E-state index in [1.54, 1.807) is 7.11 Å². The summed E-state index contributed by atoms with van der Waals surface area (Å²) in [5.41, 5.74) is 2.31. The highest BCUT2D eigenvalue weighted by Gasteiger charge is 2.40. The van der Waals surface area contributed by atoms with Gasteiger partial charge in [-0.1, -0.05) is 6.07 Å². The Labute approximate surface area is 105 Å². The molecule has 3 atom stereocenters. The molecule has 0 bridgehead atoms. The van der Waals surface area contributed by atoms with Gasteiger partial charge in [0, 0.05) is 6.04 Å². The Hall–Kier alpha value is -1.59. The molecule has 0 saturated carbocycles. The highest BCUT2D eigenvalue weighted by molar-refractivity contribution is 5.74. The SMILES string of the molecule is COc1ccc2c(c1)C1OCC(C(=O)O)NC1C2. The molecule has 0 spiro atoms. The van der Waals surface area contributed by atoms with Gasteiger partial charge in [-0.25, -0.2) is 0 Å². The van der Waals surface area contributed by atoms with Gasteiger partial charge in [0.05, 0.1) is 19.8 Å². The van der Waals surface area contributed by atoms with E-state index in [1.807, 2.05) is 18.2 Å². The molecule has 0 amide bonds. The topological polar surface area (TPSA) is 67.8 Å². The monoisotopic (exact) mass is 249 g/mol. The van der Waals surface area contributed by atoms with Gasteiger partial charge in [-0.15, -0.1) is 0 Å². The first-order chi connectivity index (χ1) is 8.69. The van der Waals surface area contributed by atoms with Gasteiger partial charge in [0.2, 0.25) is 0 Å². The lowest BCUT2D eigenvalue weighted by Crippen LogP contribution is -2.52. The predicted octanol–water partition coefficient (Wildman–Crippen LogP) is 0.734. The van der Waals surface area contributed by atoms with Gasteiger partial charge in [-0.2, -0.15) is 0 Å². The summed E-state index contributed by atoms with van der Waals surface area (Å²) in [5.74, 6) is -0.0552. The number of hydrogen-bond acceptors (Lipinski definition) is 4. The highest BCUT2D eigenvalue weighted by atomic mass is 16.5. The molecule has 1 aromatic rings. The fourth-order valence-electron chi connectivity index (χ4n) is 2.71. The first kappa shape index (κ1) is 11.5. The van der Waals surface area contributed by atoms with Crippen LogP contribution in [0.4, 0.5) is 0 Å². The second kappa shape index (κ2) is 4.26. The molecular formula is C13H15NO4. The van der Waals surface area contributed by atoms with Crippen LogP contribution in [0, 0.1) is 0 Å². The number of fused-ring (bicyclic) bond motifs is 3. The van der Waals surface area contributed by atoms with Crippen molar-refractivity contribution in [1.82, 2.24) is 5.32 Å². The summed E-state index contributed by atoms with van der Waals surface area (Å²) in [7, 11) is 1.63. The standard InChI is InChI=1S/C13H15NO4/c1-17-8-3-2-7-4-10-12(9(7)5-8)18-6-11(14-10)13(15)16/h2-3,5,10-12,14H,4,6H2,1H3,(H,15,16). The maximum Gasteiger partial charge on any atom is 0.323 e. The second-order valence-electron chi connectivity index (χ2n) is 4.69. The second-order valence-corrected chi connectivity index (χ2v) is 4.69. The molecule has 0 radical (unpaired) electrons. The van der Waals surface area contributed by atoms with E-state index in [4.69, 9.17) is 14.6 Å². The molecule has 3 unspecified atom stereocenters. The molecule has 0 aromatic heterocycles. The van der Waals surface area contributed by atoms with E-state index in [0.717, 1.165) is 17.7 Å². The van der Waals surface area contributed by atoms with E-state index in [9.17, 15) is 4.79 Å². The third kappa shape index (κ3) is 1.76. The van der Waals surface area contributed by atoms with Gasteiger partial charge in [0.25, 0.3) is 0 Å². The van der Waals surface area contributed by atoms with E-state index in [1.165, 1.54) is 5.56 Å². The first-order valence-corrected chi connectivity index (χ1v) is 5.96. The molecular weight excluding hydrogens is 234 g/mol. The Bertz CT molecular complexity index is 488. The van der Waals surface area contributed by atoms with Crippen molar-refractivity contribution in [1.29, 1.82) is 0 Å².